The van der Waals surface area contributed by atoms with E-state index in [1.807, 2.05) is 50.2 Å². The second-order valence-electron chi connectivity index (χ2n) is 6.95. The van der Waals surface area contributed by atoms with Crippen molar-refractivity contribution in [3.8, 4) is 0 Å². The number of hydrogen-bond donors (Lipinski definition) is 1. The number of hydrogen-bond acceptors (Lipinski definition) is 5. The van der Waals surface area contributed by atoms with E-state index in [1.165, 1.54) is 6.07 Å². The molecule has 3 aromatic rings. The molecular formula is C23H23NO5. The number of carbonyl (C=O) groups is 2. The number of esters is 1. The van der Waals surface area contributed by atoms with Crippen LogP contribution >= 0.6 is 0 Å². The lowest BCUT2D eigenvalue weighted by atomic mass is 10.0. The molecule has 0 spiro atoms. The summed E-state index contributed by atoms with van der Waals surface area (Å²) in [6, 6.07) is 14.4. The van der Waals surface area contributed by atoms with Crippen LogP contribution in [0, 0.1) is 13.8 Å². The number of aryl methyl sites for hydroxylation is 2. The van der Waals surface area contributed by atoms with Crippen molar-refractivity contribution in [2.75, 3.05) is 6.54 Å². The number of fused-ring (bicyclic) bond motifs is 1. The minimum absolute atomic E-state index is 0.0264. The van der Waals surface area contributed by atoms with Gasteiger partial charge in [-0.2, -0.15) is 0 Å². The lowest BCUT2D eigenvalue weighted by Gasteiger charge is -2.09. The van der Waals surface area contributed by atoms with Crippen LogP contribution in [0.5, 0.6) is 0 Å². The van der Waals surface area contributed by atoms with Crippen molar-refractivity contribution in [3.05, 3.63) is 81.2 Å². The van der Waals surface area contributed by atoms with Gasteiger partial charge in [0.15, 0.2) is 0 Å². The molecule has 0 fully saturated rings. The maximum absolute atomic E-state index is 12.0. The normalized spacial score (nSPS) is 10.7. The van der Waals surface area contributed by atoms with Crippen LogP contribution < -0.4 is 10.9 Å². The Bertz CT molecular complexity index is 1090. The molecule has 29 heavy (non-hydrogen) atoms. The van der Waals surface area contributed by atoms with E-state index in [0.717, 1.165) is 22.1 Å². The fourth-order valence-electron chi connectivity index (χ4n) is 2.98. The number of benzene rings is 2. The van der Waals surface area contributed by atoms with Crippen molar-refractivity contribution in [2.24, 2.45) is 0 Å². The molecule has 0 atom stereocenters. The molecule has 6 heteroatoms. The van der Waals surface area contributed by atoms with E-state index in [4.69, 9.17) is 9.15 Å². The van der Waals surface area contributed by atoms with Crippen LogP contribution in [0.25, 0.3) is 11.0 Å². The number of nitrogens with one attached hydrogen (secondary N) is 1. The van der Waals surface area contributed by atoms with Gasteiger partial charge in [0, 0.05) is 23.6 Å². The molecule has 150 valence electrons. The van der Waals surface area contributed by atoms with Crippen molar-refractivity contribution in [3.63, 3.8) is 0 Å². The summed E-state index contributed by atoms with van der Waals surface area (Å²) in [5.41, 5.74) is 3.56. The lowest BCUT2D eigenvalue weighted by molar-refractivity contribution is -0.144. The van der Waals surface area contributed by atoms with E-state index in [1.54, 1.807) is 6.07 Å². The van der Waals surface area contributed by atoms with Crippen LogP contribution in [0.15, 0.2) is 57.7 Å². The molecule has 1 heterocycles. The van der Waals surface area contributed by atoms with Gasteiger partial charge in [0.2, 0.25) is 5.91 Å². The van der Waals surface area contributed by atoms with Crippen molar-refractivity contribution in [2.45, 2.75) is 33.3 Å². The highest BCUT2D eigenvalue weighted by atomic mass is 16.5. The summed E-state index contributed by atoms with van der Waals surface area (Å²) in [4.78, 5) is 35.7. The summed E-state index contributed by atoms with van der Waals surface area (Å²) in [6.45, 7) is 4.07. The van der Waals surface area contributed by atoms with Gasteiger partial charge < -0.3 is 14.5 Å². The minimum Gasteiger partial charge on any atom is -0.461 e. The van der Waals surface area contributed by atoms with Crippen LogP contribution in [0.4, 0.5) is 0 Å². The Hall–Kier alpha value is -3.41. The maximum atomic E-state index is 12.0. The summed E-state index contributed by atoms with van der Waals surface area (Å²) < 4.78 is 10.5. The SMILES string of the molecule is Cc1cc2oc(=O)cc(COC(=O)CCNC(=O)Cc3ccccc3)c2cc1C. The molecule has 1 N–H and O–H groups in total. The average molecular weight is 393 g/mol. The van der Waals surface area contributed by atoms with Gasteiger partial charge in [-0.1, -0.05) is 30.3 Å². The number of amides is 1. The first-order valence-corrected chi connectivity index (χ1v) is 9.42. The fourth-order valence-corrected chi connectivity index (χ4v) is 2.98. The van der Waals surface area contributed by atoms with Crippen LogP contribution in [-0.2, 0) is 27.4 Å². The number of rotatable bonds is 7. The first-order chi connectivity index (χ1) is 13.9. The first kappa shape index (κ1) is 20.3. The molecule has 0 unspecified atom stereocenters. The summed E-state index contributed by atoms with van der Waals surface area (Å²) >= 11 is 0. The molecule has 0 aliphatic heterocycles. The Labute approximate surface area is 168 Å². The van der Waals surface area contributed by atoms with E-state index < -0.39 is 11.6 Å². The Morgan fingerprint density at radius 1 is 1.03 bits per heavy atom. The van der Waals surface area contributed by atoms with Gasteiger partial charge in [-0.15, -0.1) is 0 Å². The van der Waals surface area contributed by atoms with Gasteiger partial charge in [0.25, 0.3) is 0 Å². The molecule has 1 amide bonds. The fraction of sp³-hybridized carbons (Fsp3) is 0.261. The quantitative estimate of drug-likeness (QED) is 0.492. The third-order valence-electron chi connectivity index (χ3n) is 4.69. The smallest absolute Gasteiger partial charge is 0.336 e. The Morgan fingerprint density at radius 3 is 2.52 bits per heavy atom. The highest BCUT2D eigenvalue weighted by Gasteiger charge is 2.11. The predicted octanol–water partition coefficient (Wildman–Crippen LogP) is 3.20. The predicted molar refractivity (Wildman–Crippen MR) is 110 cm³/mol. The third kappa shape index (κ3) is 5.54. The molecule has 0 saturated heterocycles. The Balaban J connectivity index is 1.52. The average Bonchev–Trinajstić information content (AvgIpc) is 2.68. The van der Waals surface area contributed by atoms with E-state index in [-0.39, 0.29) is 31.9 Å². The van der Waals surface area contributed by atoms with Gasteiger partial charge in [0.1, 0.15) is 12.2 Å². The second-order valence-corrected chi connectivity index (χ2v) is 6.95. The molecule has 0 aliphatic rings. The van der Waals surface area contributed by atoms with Crippen LogP contribution in [0.3, 0.4) is 0 Å². The van der Waals surface area contributed by atoms with E-state index >= 15 is 0 Å². The van der Waals surface area contributed by atoms with Crippen LogP contribution in [0.1, 0.15) is 28.7 Å². The molecule has 2 aromatic carbocycles. The monoisotopic (exact) mass is 393 g/mol. The topological polar surface area (TPSA) is 85.6 Å². The highest BCUT2D eigenvalue weighted by Crippen LogP contribution is 2.22. The Kier molecular flexibility index (Phi) is 6.44. The standard InChI is InChI=1S/C23H23NO5/c1-15-10-19-18(13-23(27)29-20(19)11-16(15)2)14-28-22(26)8-9-24-21(25)12-17-6-4-3-5-7-17/h3-7,10-11,13H,8-9,12,14H2,1-2H3,(H,24,25). The molecule has 0 bridgehead atoms. The minimum atomic E-state index is -0.486. The molecule has 6 nitrogen and oxygen atoms in total. The second kappa shape index (κ2) is 9.19. The van der Waals surface area contributed by atoms with Gasteiger partial charge in [-0.3, -0.25) is 9.59 Å². The molecule has 3 rings (SSSR count). The third-order valence-corrected chi connectivity index (χ3v) is 4.69. The van der Waals surface area contributed by atoms with Crippen molar-refractivity contribution in [1.82, 2.24) is 5.32 Å². The largest absolute Gasteiger partial charge is 0.461 e. The Morgan fingerprint density at radius 2 is 1.76 bits per heavy atom. The van der Waals surface area contributed by atoms with Crippen molar-refractivity contribution >= 4 is 22.8 Å². The van der Waals surface area contributed by atoms with Crippen molar-refractivity contribution < 1.29 is 18.7 Å². The van der Waals surface area contributed by atoms with Crippen molar-refractivity contribution in [1.29, 1.82) is 0 Å². The van der Waals surface area contributed by atoms with Crippen LogP contribution in [-0.4, -0.2) is 18.4 Å². The molecule has 0 aliphatic carbocycles. The summed E-state index contributed by atoms with van der Waals surface area (Å²) in [7, 11) is 0. The molecule has 0 radical (unpaired) electrons. The van der Waals surface area contributed by atoms with Gasteiger partial charge in [0.05, 0.1) is 12.8 Å². The summed E-state index contributed by atoms with van der Waals surface area (Å²) in [6.07, 6.45) is 0.318. The maximum Gasteiger partial charge on any atom is 0.336 e. The van der Waals surface area contributed by atoms with E-state index in [2.05, 4.69) is 5.32 Å². The first-order valence-electron chi connectivity index (χ1n) is 9.42. The zero-order valence-electron chi connectivity index (χ0n) is 16.5. The molecular weight excluding hydrogens is 370 g/mol. The summed E-state index contributed by atoms with van der Waals surface area (Å²) in [5, 5.41) is 3.45. The molecule has 0 saturated carbocycles. The van der Waals surface area contributed by atoms with Gasteiger partial charge >= 0.3 is 11.6 Å². The van der Waals surface area contributed by atoms with E-state index in [9.17, 15) is 14.4 Å². The molecule has 1 aromatic heterocycles. The zero-order valence-corrected chi connectivity index (χ0v) is 16.5. The van der Waals surface area contributed by atoms with Gasteiger partial charge in [-0.05, 0) is 42.7 Å². The van der Waals surface area contributed by atoms with Gasteiger partial charge in [-0.25, -0.2) is 4.79 Å². The zero-order chi connectivity index (χ0) is 20.8. The number of carbonyl (C=O) groups excluding carboxylic acids is 2. The van der Waals surface area contributed by atoms with E-state index in [0.29, 0.717) is 11.1 Å². The van der Waals surface area contributed by atoms with Crippen LogP contribution in [0.2, 0.25) is 0 Å². The summed E-state index contributed by atoms with van der Waals surface area (Å²) in [5.74, 6) is -0.600. The number of ether oxygens (including phenoxy) is 1. The highest BCUT2D eigenvalue weighted by molar-refractivity contribution is 5.82. The lowest BCUT2D eigenvalue weighted by Crippen LogP contribution is -2.27.